The Bertz CT molecular complexity index is 240. The van der Waals surface area contributed by atoms with Crippen LogP contribution in [-0.2, 0) is 22.8 Å². The van der Waals surface area contributed by atoms with Gasteiger partial charge >= 0.3 is 8.25 Å². The molecule has 0 heterocycles. The Labute approximate surface area is 119 Å². The van der Waals surface area contributed by atoms with E-state index in [1.165, 1.54) is 7.11 Å². The number of ether oxygens (including phenoxy) is 1. The molecule has 19 heavy (non-hydrogen) atoms. The van der Waals surface area contributed by atoms with Gasteiger partial charge in [0.2, 0.25) is 0 Å². The van der Waals surface area contributed by atoms with Gasteiger partial charge < -0.3 is 18.2 Å². The average molecular weight is 312 g/mol. The van der Waals surface area contributed by atoms with Crippen molar-refractivity contribution in [3.05, 3.63) is 0 Å². The first-order valence-corrected chi connectivity index (χ1v) is 10.8. The molecule has 5 nitrogen and oxygen atoms in total. The van der Waals surface area contributed by atoms with Gasteiger partial charge in [0, 0.05) is 20.1 Å². The minimum Gasteiger partial charge on any atom is -0.392 e. The molecule has 2 atom stereocenters. The maximum Gasteiger partial charge on any atom is 0.318 e. The van der Waals surface area contributed by atoms with Crippen molar-refractivity contribution in [3.63, 3.8) is 0 Å². The largest absolute Gasteiger partial charge is 0.392 e. The molecule has 0 fully saturated rings. The topological polar surface area (TPSA) is 54.0 Å². The maximum atomic E-state index is 11.1. The fraction of sp³-hybridized carbons (Fsp3) is 1.00. The number of rotatable bonds is 12. The Hall–Kier alpha value is 0.287. The molecular formula is C12H29O5PSi. The van der Waals surface area contributed by atoms with Crippen molar-refractivity contribution in [3.8, 4) is 0 Å². The maximum absolute atomic E-state index is 11.1. The third kappa shape index (κ3) is 7.59. The van der Waals surface area contributed by atoms with Gasteiger partial charge in [-0.25, -0.2) is 0 Å². The second-order valence-electron chi connectivity index (χ2n) is 4.34. The minimum absolute atomic E-state index is 0.261. The summed E-state index contributed by atoms with van der Waals surface area (Å²) >= 11 is 0. The lowest BCUT2D eigenvalue weighted by Crippen LogP contribution is -2.41. The highest BCUT2D eigenvalue weighted by Crippen LogP contribution is 2.26. The number of hydrogen-bond donors (Lipinski definition) is 0. The predicted octanol–water partition coefficient (Wildman–Crippen LogP) is 3.81. The third-order valence-electron chi connectivity index (χ3n) is 3.41. The van der Waals surface area contributed by atoms with E-state index in [0.717, 1.165) is 18.1 Å². The fourth-order valence-electron chi connectivity index (χ4n) is 1.94. The summed E-state index contributed by atoms with van der Waals surface area (Å²) in [6.07, 6.45) is 0.325. The van der Waals surface area contributed by atoms with Gasteiger partial charge in [-0.3, -0.25) is 4.57 Å². The first-order chi connectivity index (χ1) is 9.07. The van der Waals surface area contributed by atoms with Crippen LogP contribution in [0.4, 0.5) is 0 Å². The Morgan fingerprint density at radius 3 is 2.11 bits per heavy atom. The first kappa shape index (κ1) is 19.3. The van der Waals surface area contributed by atoms with Gasteiger partial charge in [0.1, 0.15) is 6.29 Å². The molecule has 0 saturated carbocycles. The molecule has 0 N–H and O–H groups in total. The van der Waals surface area contributed by atoms with Crippen molar-refractivity contribution in [1.82, 2.24) is 0 Å². The molecule has 0 bridgehead atoms. The summed E-state index contributed by atoms with van der Waals surface area (Å²) in [5, 5.41) is 0. The average Bonchev–Trinajstić information content (AvgIpc) is 2.44. The van der Waals surface area contributed by atoms with E-state index in [1.807, 2.05) is 6.92 Å². The second-order valence-corrected chi connectivity index (χ2v) is 10.3. The minimum atomic E-state index is -2.35. The summed E-state index contributed by atoms with van der Waals surface area (Å²) in [6.45, 7) is 9.43. The molecule has 0 rings (SSSR count). The zero-order chi connectivity index (χ0) is 14.7. The molecule has 116 valence electrons. The molecule has 2 unspecified atom stereocenters. The Morgan fingerprint density at radius 2 is 1.68 bits per heavy atom. The van der Waals surface area contributed by atoms with Crippen LogP contribution >= 0.6 is 8.25 Å². The van der Waals surface area contributed by atoms with E-state index in [0.29, 0.717) is 19.6 Å². The summed E-state index contributed by atoms with van der Waals surface area (Å²) in [5.74, 6) is 0. The van der Waals surface area contributed by atoms with Crippen LogP contribution in [0, 0.1) is 0 Å². The smallest absolute Gasteiger partial charge is 0.318 e. The van der Waals surface area contributed by atoms with E-state index >= 15 is 0 Å². The lowest BCUT2D eigenvalue weighted by Gasteiger charge is -2.32. The van der Waals surface area contributed by atoms with Gasteiger partial charge in [0.25, 0.3) is 0 Å². The summed E-state index contributed by atoms with van der Waals surface area (Å²) < 4.78 is 32.6. The monoisotopic (exact) mass is 312 g/mol. The molecule has 0 spiro atoms. The van der Waals surface area contributed by atoms with E-state index in [1.54, 1.807) is 0 Å². The van der Waals surface area contributed by atoms with Crippen molar-refractivity contribution in [2.24, 2.45) is 0 Å². The Balaban J connectivity index is 4.34. The van der Waals surface area contributed by atoms with Crippen LogP contribution in [-0.4, -0.2) is 34.9 Å². The molecule has 0 aliphatic rings. The van der Waals surface area contributed by atoms with Gasteiger partial charge in [0.05, 0.1) is 6.61 Å². The highest BCUT2D eigenvalue weighted by Gasteiger charge is 2.32. The highest BCUT2D eigenvalue weighted by atomic mass is 31.1. The zero-order valence-electron chi connectivity index (χ0n) is 12.9. The Kier molecular flexibility index (Phi) is 11.2. The first-order valence-electron chi connectivity index (χ1n) is 7.07. The molecule has 0 radical (unpaired) electrons. The molecule has 0 aromatic carbocycles. The highest BCUT2D eigenvalue weighted by molar-refractivity contribution is 7.33. The SMILES string of the molecule is CCOC(CCO[PH](=O)OC)O[Si](CC)(CC)CC. The molecular weight excluding hydrogens is 283 g/mol. The van der Waals surface area contributed by atoms with Crippen LogP contribution in [0.2, 0.25) is 18.1 Å². The molecule has 0 amide bonds. The predicted molar refractivity (Wildman–Crippen MR) is 80.3 cm³/mol. The van der Waals surface area contributed by atoms with Crippen LogP contribution in [0.25, 0.3) is 0 Å². The summed E-state index contributed by atoms with van der Waals surface area (Å²) in [5.41, 5.74) is 0. The van der Waals surface area contributed by atoms with Crippen LogP contribution in [0.15, 0.2) is 0 Å². The third-order valence-corrected chi connectivity index (χ3v) is 8.81. The molecule has 0 saturated heterocycles. The summed E-state index contributed by atoms with van der Waals surface area (Å²) in [7, 11) is -2.66. The standard InChI is InChI=1S/C12H29O5PSi/c1-6-15-12(10-11-16-18(13)14-5)17-19(7-2,8-3)9-4/h12,18H,6-11H2,1-5H3. The van der Waals surface area contributed by atoms with Gasteiger partial charge in [-0.05, 0) is 25.1 Å². The normalized spacial score (nSPS) is 15.4. The number of hydrogen-bond acceptors (Lipinski definition) is 5. The fourth-order valence-corrected chi connectivity index (χ4v) is 5.08. The van der Waals surface area contributed by atoms with E-state index in [4.69, 9.17) is 13.7 Å². The zero-order valence-corrected chi connectivity index (χ0v) is 14.9. The van der Waals surface area contributed by atoms with E-state index in [2.05, 4.69) is 25.3 Å². The molecule has 0 aliphatic carbocycles. The quantitative estimate of drug-likeness (QED) is 0.311. The van der Waals surface area contributed by atoms with E-state index < -0.39 is 16.6 Å². The Morgan fingerprint density at radius 1 is 1.11 bits per heavy atom. The van der Waals surface area contributed by atoms with E-state index in [9.17, 15) is 4.57 Å². The van der Waals surface area contributed by atoms with Crippen LogP contribution in [0.5, 0.6) is 0 Å². The van der Waals surface area contributed by atoms with Crippen molar-refractivity contribution in [1.29, 1.82) is 0 Å². The van der Waals surface area contributed by atoms with Crippen molar-refractivity contribution in [2.75, 3.05) is 20.3 Å². The van der Waals surface area contributed by atoms with Crippen LogP contribution in [0.1, 0.15) is 34.1 Å². The molecule has 7 heteroatoms. The lowest BCUT2D eigenvalue weighted by atomic mass is 10.4. The molecule has 0 aromatic rings. The van der Waals surface area contributed by atoms with Gasteiger partial charge in [0.15, 0.2) is 8.32 Å². The van der Waals surface area contributed by atoms with Crippen LogP contribution in [0.3, 0.4) is 0 Å². The van der Waals surface area contributed by atoms with Crippen molar-refractivity contribution < 1.29 is 22.8 Å². The molecule has 0 aromatic heterocycles. The second kappa shape index (κ2) is 11.0. The summed E-state index contributed by atoms with van der Waals surface area (Å²) in [6, 6.07) is 3.25. The van der Waals surface area contributed by atoms with Gasteiger partial charge in [-0.15, -0.1) is 0 Å². The summed E-state index contributed by atoms with van der Waals surface area (Å²) in [4.78, 5) is 0. The van der Waals surface area contributed by atoms with Gasteiger partial charge in [-0.1, -0.05) is 20.8 Å². The lowest BCUT2D eigenvalue weighted by molar-refractivity contribution is -0.0919. The van der Waals surface area contributed by atoms with Crippen LogP contribution < -0.4 is 0 Å². The van der Waals surface area contributed by atoms with E-state index in [-0.39, 0.29) is 6.29 Å². The van der Waals surface area contributed by atoms with Crippen molar-refractivity contribution >= 4 is 16.6 Å². The molecule has 0 aliphatic heterocycles. The van der Waals surface area contributed by atoms with Gasteiger partial charge in [-0.2, -0.15) is 0 Å². The van der Waals surface area contributed by atoms with Crippen molar-refractivity contribution in [2.45, 2.75) is 58.5 Å².